The Morgan fingerprint density at radius 2 is 1.85 bits per heavy atom. The first kappa shape index (κ1) is 19.2. The third-order valence-corrected chi connectivity index (χ3v) is 3.73. The molecule has 0 atom stereocenters. The molecule has 136 valence electrons. The number of nitrogens with one attached hydrogen (secondary N) is 2. The minimum absolute atomic E-state index is 0.0617. The van der Waals surface area contributed by atoms with Gasteiger partial charge < -0.3 is 10.1 Å². The summed E-state index contributed by atoms with van der Waals surface area (Å²) in [5.74, 6) is 0.187. The Balaban J connectivity index is 1.77. The molecule has 0 fully saturated rings. The van der Waals surface area contributed by atoms with Gasteiger partial charge >= 0.3 is 0 Å². The molecular weight excluding hydrogens is 330 g/mol. The Morgan fingerprint density at radius 3 is 2.58 bits per heavy atom. The summed E-state index contributed by atoms with van der Waals surface area (Å²) in [7, 11) is 1.58. The van der Waals surface area contributed by atoms with Crippen molar-refractivity contribution in [2.24, 2.45) is 5.10 Å². The number of nitrogens with zero attached hydrogens (tertiary/aromatic N) is 1. The van der Waals surface area contributed by atoms with Gasteiger partial charge in [0.25, 0.3) is 0 Å². The van der Waals surface area contributed by atoms with Crippen LogP contribution < -0.4 is 15.5 Å². The minimum atomic E-state index is -0.320. The predicted molar refractivity (Wildman–Crippen MR) is 103 cm³/mol. The van der Waals surface area contributed by atoms with Crippen LogP contribution in [-0.4, -0.2) is 25.1 Å². The highest BCUT2D eigenvalue weighted by Gasteiger charge is 2.08. The quantitative estimate of drug-likeness (QED) is 0.593. The number of carbonyl (C=O) groups is 2. The van der Waals surface area contributed by atoms with Crippen LogP contribution in [0.15, 0.2) is 47.6 Å². The molecule has 6 nitrogen and oxygen atoms in total. The van der Waals surface area contributed by atoms with Crippen LogP contribution >= 0.6 is 0 Å². The summed E-state index contributed by atoms with van der Waals surface area (Å²) in [5, 5.41) is 6.71. The first-order valence-corrected chi connectivity index (χ1v) is 8.31. The van der Waals surface area contributed by atoms with Crippen LogP contribution in [-0.2, 0) is 9.59 Å². The summed E-state index contributed by atoms with van der Waals surface area (Å²) in [5.41, 5.74) is 6.11. The highest BCUT2D eigenvalue weighted by atomic mass is 16.5. The molecule has 0 saturated carbocycles. The third kappa shape index (κ3) is 6.05. The zero-order chi connectivity index (χ0) is 18.9. The van der Waals surface area contributed by atoms with Gasteiger partial charge in [0.2, 0.25) is 11.8 Å². The molecule has 0 aliphatic rings. The molecule has 2 aromatic carbocycles. The lowest BCUT2D eigenvalue weighted by atomic mass is 10.1. The summed E-state index contributed by atoms with van der Waals surface area (Å²) in [6, 6.07) is 13.1. The van der Waals surface area contributed by atoms with Gasteiger partial charge in [0.05, 0.1) is 13.3 Å². The van der Waals surface area contributed by atoms with Crippen LogP contribution in [0, 0.1) is 13.8 Å². The maximum absolute atomic E-state index is 12.0. The van der Waals surface area contributed by atoms with Gasteiger partial charge in [0, 0.05) is 18.5 Å². The standard InChI is InChI=1S/C20H23N3O3/c1-14-7-8-18(15(2)11-14)22-19(24)9-10-20(25)23-21-13-16-5-4-6-17(12-16)26-3/h4-8,11-13H,9-10H2,1-3H3,(H,22,24)(H,23,25)/b21-13-. The molecule has 0 aliphatic heterocycles. The lowest BCUT2D eigenvalue weighted by Crippen LogP contribution is -2.20. The number of anilines is 1. The first-order chi connectivity index (χ1) is 12.5. The fourth-order valence-corrected chi connectivity index (χ4v) is 2.35. The molecule has 2 amide bonds. The minimum Gasteiger partial charge on any atom is -0.497 e. The summed E-state index contributed by atoms with van der Waals surface area (Å²) in [6.07, 6.45) is 1.68. The predicted octanol–water partition coefficient (Wildman–Crippen LogP) is 3.18. The molecule has 2 rings (SSSR count). The van der Waals surface area contributed by atoms with Crippen LogP contribution in [0.1, 0.15) is 29.5 Å². The van der Waals surface area contributed by atoms with Crippen molar-refractivity contribution in [1.29, 1.82) is 0 Å². The molecule has 26 heavy (non-hydrogen) atoms. The fourth-order valence-electron chi connectivity index (χ4n) is 2.35. The van der Waals surface area contributed by atoms with Crippen molar-refractivity contribution >= 4 is 23.7 Å². The Bertz CT molecular complexity index is 816. The van der Waals surface area contributed by atoms with E-state index >= 15 is 0 Å². The lowest BCUT2D eigenvalue weighted by Gasteiger charge is -2.08. The van der Waals surface area contributed by atoms with E-state index in [0.29, 0.717) is 5.75 Å². The number of hydrogen-bond donors (Lipinski definition) is 2. The molecule has 0 unspecified atom stereocenters. The van der Waals surface area contributed by atoms with Crippen LogP contribution in [0.4, 0.5) is 5.69 Å². The Morgan fingerprint density at radius 1 is 1.08 bits per heavy atom. The number of ether oxygens (including phenoxy) is 1. The first-order valence-electron chi connectivity index (χ1n) is 8.31. The SMILES string of the molecule is COc1cccc(/C=N\NC(=O)CCC(=O)Nc2ccc(C)cc2C)c1. The lowest BCUT2D eigenvalue weighted by molar-refractivity contribution is -0.124. The average Bonchev–Trinajstić information content (AvgIpc) is 2.62. The summed E-state index contributed by atoms with van der Waals surface area (Å²) >= 11 is 0. The largest absolute Gasteiger partial charge is 0.497 e. The number of hydrazone groups is 1. The summed E-state index contributed by atoms with van der Waals surface area (Å²) < 4.78 is 5.12. The molecule has 0 aliphatic carbocycles. The maximum Gasteiger partial charge on any atom is 0.240 e. The van der Waals surface area contributed by atoms with E-state index in [9.17, 15) is 9.59 Å². The van der Waals surface area contributed by atoms with Gasteiger partial charge in [-0.3, -0.25) is 9.59 Å². The van der Waals surface area contributed by atoms with Crippen molar-refractivity contribution in [2.45, 2.75) is 26.7 Å². The second-order valence-electron chi connectivity index (χ2n) is 5.94. The van der Waals surface area contributed by atoms with Crippen LogP contribution in [0.5, 0.6) is 5.75 Å². The van der Waals surface area contributed by atoms with E-state index in [-0.39, 0.29) is 24.7 Å². The Labute approximate surface area is 153 Å². The molecule has 0 bridgehead atoms. The molecule has 0 aromatic heterocycles. The molecule has 0 saturated heterocycles. The fraction of sp³-hybridized carbons (Fsp3) is 0.250. The van der Waals surface area contributed by atoms with Crippen molar-refractivity contribution in [1.82, 2.24) is 5.43 Å². The van der Waals surface area contributed by atoms with Gasteiger partial charge in [-0.05, 0) is 43.2 Å². The van der Waals surface area contributed by atoms with Gasteiger partial charge in [0.15, 0.2) is 0 Å². The monoisotopic (exact) mass is 353 g/mol. The highest BCUT2D eigenvalue weighted by molar-refractivity contribution is 5.94. The van der Waals surface area contributed by atoms with Gasteiger partial charge in [-0.1, -0.05) is 29.8 Å². The second-order valence-corrected chi connectivity index (χ2v) is 5.94. The normalized spacial score (nSPS) is 10.6. The summed E-state index contributed by atoms with van der Waals surface area (Å²) in [6.45, 7) is 3.93. The Hall–Kier alpha value is -3.15. The maximum atomic E-state index is 12.0. The van der Waals surface area contributed by atoms with E-state index in [1.807, 2.05) is 50.2 Å². The number of amides is 2. The van der Waals surface area contributed by atoms with Crippen molar-refractivity contribution in [3.05, 3.63) is 59.2 Å². The number of benzene rings is 2. The Kier molecular flexibility index (Phi) is 6.91. The van der Waals surface area contributed by atoms with Crippen LogP contribution in [0.3, 0.4) is 0 Å². The van der Waals surface area contributed by atoms with Gasteiger partial charge in [-0.15, -0.1) is 0 Å². The second kappa shape index (κ2) is 9.36. The number of methoxy groups -OCH3 is 1. The smallest absolute Gasteiger partial charge is 0.240 e. The van der Waals surface area contributed by atoms with Crippen LogP contribution in [0.25, 0.3) is 0 Å². The number of hydrogen-bond acceptors (Lipinski definition) is 4. The van der Waals surface area contributed by atoms with E-state index in [0.717, 1.165) is 22.4 Å². The highest BCUT2D eigenvalue weighted by Crippen LogP contribution is 2.16. The van der Waals surface area contributed by atoms with Gasteiger partial charge in [-0.25, -0.2) is 5.43 Å². The van der Waals surface area contributed by atoms with Crippen LogP contribution in [0.2, 0.25) is 0 Å². The zero-order valence-corrected chi connectivity index (χ0v) is 15.2. The topological polar surface area (TPSA) is 79.8 Å². The van der Waals surface area contributed by atoms with Crippen molar-refractivity contribution in [2.75, 3.05) is 12.4 Å². The molecule has 6 heteroatoms. The molecular formula is C20H23N3O3. The molecule has 0 radical (unpaired) electrons. The molecule has 0 heterocycles. The van der Waals surface area contributed by atoms with E-state index < -0.39 is 0 Å². The van der Waals surface area contributed by atoms with Gasteiger partial charge in [0.1, 0.15) is 5.75 Å². The van der Waals surface area contributed by atoms with E-state index in [1.165, 1.54) is 6.21 Å². The van der Waals surface area contributed by atoms with Crippen molar-refractivity contribution in [3.63, 3.8) is 0 Å². The van der Waals surface area contributed by atoms with Gasteiger partial charge in [-0.2, -0.15) is 5.10 Å². The van der Waals surface area contributed by atoms with E-state index in [1.54, 1.807) is 13.2 Å². The molecule has 2 N–H and O–H groups in total. The van der Waals surface area contributed by atoms with Crippen molar-refractivity contribution < 1.29 is 14.3 Å². The van der Waals surface area contributed by atoms with E-state index in [4.69, 9.17) is 4.74 Å². The molecule has 0 spiro atoms. The summed E-state index contributed by atoms with van der Waals surface area (Å²) in [4.78, 5) is 23.8. The van der Waals surface area contributed by atoms with E-state index in [2.05, 4.69) is 15.8 Å². The zero-order valence-electron chi connectivity index (χ0n) is 15.2. The van der Waals surface area contributed by atoms with Crippen molar-refractivity contribution in [3.8, 4) is 5.75 Å². The molecule has 2 aromatic rings. The number of aryl methyl sites for hydroxylation is 2. The number of carbonyl (C=O) groups excluding carboxylic acids is 2. The number of rotatable bonds is 7. The average molecular weight is 353 g/mol. The third-order valence-electron chi connectivity index (χ3n) is 3.73.